The molecule has 7 heteroatoms. The van der Waals surface area contributed by atoms with Crippen LogP contribution in [-0.2, 0) is 4.79 Å². The van der Waals surface area contributed by atoms with Crippen molar-refractivity contribution >= 4 is 29.3 Å². The third-order valence-electron chi connectivity index (χ3n) is 3.66. The van der Waals surface area contributed by atoms with Gasteiger partial charge in [0.15, 0.2) is 0 Å². The molecule has 1 fully saturated rings. The number of carboxylic acids is 1. The number of amides is 2. The molecule has 0 radical (unpaired) electrons. The van der Waals surface area contributed by atoms with Gasteiger partial charge in [0.25, 0.3) is 0 Å². The zero-order valence-electron chi connectivity index (χ0n) is 11.5. The molecule has 1 saturated heterocycles. The molecule has 0 bridgehead atoms. The molecule has 0 aromatic heterocycles. The lowest BCUT2D eigenvalue weighted by Gasteiger charge is -2.36. The number of halogens is 2. The van der Waals surface area contributed by atoms with Crippen molar-refractivity contribution in [3.05, 3.63) is 29.0 Å². The molecule has 1 aromatic rings. The quantitative estimate of drug-likeness (QED) is 0.880. The molecule has 114 valence electrons. The lowest BCUT2D eigenvalue weighted by molar-refractivity contribution is -0.143. The van der Waals surface area contributed by atoms with Crippen LogP contribution in [0.5, 0.6) is 0 Å². The average molecular weight is 315 g/mol. The summed E-state index contributed by atoms with van der Waals surface area (Å²) in [6.07, 6.45) is 0.809. The summed E-state index contributed by atoms with van der Waals surface area (Å²) in [5.41, 5.74) is 0.203. The molecule has 2 N–H and O–H groups in total. The average Bonchev–Trinajstić information content (AvgIpc) is 2.42. The van der Waals surface area contributed by atoms with Gasteiger partial charge in [-0.05, 0) is 38.0 Å². The maximum absolute atomic E-state index is 13.2. The van der Waals surface area contributed by atoms with Gasteiger partial charge in [0.1, 0.15) is 5.82 Å². The molecule has 0 aliphatic carbocycles. The number of rotatable bonds is 2. The minimum Gasteiger partial charge on any atom is -0.481 e. The van der Waals surface area contributed by atoms with Gasteiger partial charge >= 0.3 is 12.0 Å². The van der Waals surface area contributed by atoms with E-state index >= 15 is 0 Å². The smallest absolute Gasteiger partial charge is 0.322 e. The molecule has 1 aliphatic heterocycles. The Bertz CT molecular complexity index is 567. The van der Waals surface area contributed by atoms with Gasteiger partial charge in [-0.25, -0.2) is 9.18 Å². The fourth-order valence-electron chi connectivity index (χ4n) is 2.48. The molecule has 0 spiro atoms. The number of nitrogens with one attached hydrogen (secondary N) is 1. The van der Waals surface area contributed by atoms with Crippen LogP contribution in [0, 0.1) is 11.7 Å². The van der Waals surface area contributed by atoms with Gasteiger partial charge < -0.3 is 15.3 Å². The van der Waals surface area contributed by atoms with E-state index < -0.39 is 23.7 Å². The molecule has 1 aliphatic rings. The summed E-state index contributed by atoms with van der Waals surface area (Å²) >= 11 is 5.90. The van der Waals surface area contributed by atoms with Gasteiger partial charge in [-0.2, -0.15) is 0 Å². The Morgan fingerprint density at radius 1 is 1.48 bits per heavy atom. The maximum atomic E-state index is 13.2. The highest BCUT2D eigenvalue weighted by Gasteiger charge is 2.32. The molecule has 1 aromatic carbocycles. The van der Waals surface area contributed by atoms with Crippen molar-refractivity contribution in [1.29, 1.82) is 0 Å². The largest absolute Gasteiger partial charge is 0.481 e. The SMILES string of the molecule is CC1CC(C(=O)O)CCN1C(=O)Nc1cc(F)ccc1Cl. The Hall–Kier alpha value is -1.82. The highest BCUT2D eigenvalue weighted by atomic mass is 35.5. The highest BCUT2D eigenvalue weighted by molar-refractivity contribution is 6.33. The van der Waals surface area contributed by atoms with Crippen molar-refractivity contribution in [3.8, 4) is 0 Å². The molecule has 2 atom stereocenters. The fraction of sp³-hybridized carbons (Fsp3) is 0.429. The van der Waals surface area contributed by atoms with Crippen LogP contribution in [0.2, 0.25) is 5.02 Å². The molecule has 21 heavy (non-hydrogen) atoms. The van der Waals surface area contributed by atoms with Gasteiger partial charge in [-0.1, -0.05) is 11.6 Å². The van der Waals surface area contributed by atoms with E-state index in [4.69, 9.17) is 16.7 Å². The molecule has 0 saturated carbocycles. The summed E-state index contributed by atoms with van der Waals surface area (Å²) in [7, 11) is 0. The van der Waals surface area contributed by atoms with E-state index in [0.717, 1.165) is 6.07 Å². The first-order chi connectivity index (χ1) is 9.88. The van der Waals surface area contributed by atoms with Gasteiger partial charge in [0, 0.05) is 12.6 Å². The number of likely N-dealkylation sites (tertiary alicyclic amines) is 1. The number of piperidine rings is 1. The third-order valence-corrected chi connectivity index (χ3v) is 3.99. The van der Waals surface area contributed by atoms with Crippen LogP contribution in [-0.4, -0.2) is 34.6 Å². The van der Waals surface area contributed by atoms with Gasteiger partial charge in [0.05, 0.1) is 16.6 Å². The number of anilines is 1. The minimum atomic E-state index is -0.838. The van der Waals surface area contributed by atoms with Crippen LogP contribution >= 0.6 is 11.6 Å². The van der Waals surface area contributed by atoms with Gasteiger partial charge in [-0.15, -0.1) is 0 Å². The number of nitrogens with zero attached hydrogens (tertiary/aromatic N) is 1. The minimum absolute atomic E-state index is 0.202. The number of urea groups is 1. The summed E-state index contributed by atoms with van der Waals surface area (Å²) in [6, 6.07) is 3.12. The van der Waals surface area contributed by atoms with Crippen LogP contribution in [0.4, 0.5) is 14.9 Å². The van der Waals surface area contributed by atoms with Crippen LogP contribution in [0.1, 0.15) is 19.8 Å². The number of carbonyl (C=O) groups excluding carboxylic acids is 1. The lowest BCUT2D eigenvalue weighted by Crippen LogP contribution is -2.47. The first-order valence-electron chi connectivity index (χ1n) is 6.64. The zero-order valence-corrected chi connectivity index (χ0v) is 12.2. The number of benzene rings is 1. The molecular weight excluding hydrogens is 299 g/mol. The number of carboxylic acid groups (broad SMARTS) is 1. The highest BCUT2D eigenvalue weighted by Crippen LogP contribution is 2.26. The van der Waals surface area contributed by atoms with Crippen LogP contribution in [0.3, 0.4) is 0 Å². The normalized spacial score (nSPS) is 22.0. The van der Waals surface area contributed by atoms with Crippen molar-refractivity contribution in [2.24, 2.45) is 5.92 Å². The zero-order chi connectivity index (χ0) is 15.6. The van der Waals surface area contributed by atoms with Crippen LogP contribution < -0.4 is 5.32 Å². The van der Waals surface area contributed by atoms with E-state index in [9.17, 15) is 14.0 Å². The van der Waals surface area contributed by atoms with E-state index in [1.807, 2.05) is 0 Å². The summed E-state index contributed by atoms with van der Waals surface area (Å²) in [4.78, 5) is 24.7. The monoisotopic (exact) mass is 314 g/mol. The number of carbonyl (C=O) groups is 2. The lowest BCUT2D eigenvalue weighted by atomic mass is 9.92. The predicted octanol–water partition coefficient (Wildman–Crippen LogP) is 3.20. The summed E-state index contributed by atoms with van der Waals surface area (Å²) in [5.74, 6) is -1.76. The standard InChI is InChI=1S/C14H16ClFN2O3/c1-8-6-9(13(19)20)4-5-18(8)14(21)17-12-7-10(16)2-3-11(12)15/h2-3,7-9H,4-6H2,1H3,(H,17,21)(H,19,20). The third kappa shape index (κ3) is 3.64. The summed E-state index contributed by atoms with van der Waals surface area (Å²) in [5, 5.41) is 11.8. The van der Waals surface area contributed by atoms with E-state index in [2.05, 4.69) is 5.32 Å². The summed E-state index contributed by atoms with van der Waals surface area (Å²) < 4.78 is 13.2. The van der Waals surface area contributed by atoms with Crippen molar-refractivity contribution in [3.63, 3.8) is 0 Å². The second kappa shape index (κ2) is 6.30. The number of aliphatic carboxylic acids is 1. The van der Waals surface area contributed by atoms with E-state index in [-0.39, 0.29) is 16.8 Å². The Morgan fingerprint density at radius 3 is 2.81 bits per heavy atom. The molecule has 2 amide bonds. The predicted molar refractivity (Wildman–Crippen MR) is 77.0 cm³/mol. The molecule has 2 unspecified atom stereocenters. The second-order valence-corrected chi connectivity index (χ2v) is 5.56. The fourth-order valence-corrected chi connectivity index (χ4v) is 2.64. The topological polar surface area (TPSA) is 69.6 Å². The van der Waals surface area contributed by atoms with Crippen molar-refractivity contribution in [1.82, 2.24) is 4.90 Å². The van der Waals surface area contributed by atoms with Crippen molar-refractivity contribution < 1.29 is 19.1 Å². The second-order valence-electron chi connectivity index (χ2n) is 5.16. The Kier molecular flexibility index (Phi) is 4.67. The first kappa shape index (κ1) is 15.6. The van der Waals surface area contributed by atoms with Crippen molar-refractivity contribution in [2.45, 2.75) is 25.8 Å². The Labute approximate surface area is 126 Å². The van der Waals surface area contributed by atoms with Crippen molar-refractivity contribution in [2.75, 3.05) is 11.9 Å². The maximum Gasteiger partial charge on any atom is 0.322 e. The molecule has 1 heterocycles. The first-order valence-corrected chi connectivity index (χ1v) is 7.01. The van der Waals surface area contributed by atoms with E-state index in [1.54, 1.807) is 11.8 Å². The number of hydrogen-bond donors (Lipinski definition) is 2. The van der Waals surface area contributed by atoms with Gasteiger partial charge in [-0.3, -0.25) is 4.79 Å². The molecular formula is C14H16ClFN2O3. The molecule has 5 nitrogen and oxygen atoms in total. The summed E-state index contributed by atoms with van der Waals surface area (Å²) in [6.45, 7) is 2.14. The van der Waals surface area contributed by atoms with Crippen LogP contribution in [0.15, 0.2) is 18.2 Å². The molecule has 2 rings (SSSR count). The van der Waals surface area contributed by atoms with Crippen LogP contribution in [0.25, 0.3) is 0 Å². The Balaban J connectivity index is 2.04. The number of hydrogen-bond acceptors (Lipinski definition) is 2. The van der Waals surface area contributed by atoms with Gasteiger partial charge in [0.2, 0.25) is 0 Å². The Morgan fingerprint density at radius 2 is 2.19 bits per heavy atom. The van der Waals surface area contributed by atoms with E-state index in [0.29, 0.717) is 19.4 Å². The van der Waals surface area contributed by atoms with E-state index in [1.165, 1.54) is 12.1 Å².